The van der Waals surface area contributed by atoms with E-state index >= 15 is 0 Å². The van der Waals surface area contributed by atoms with Gasteiger partial charge in [-0.3, -0.25) is 9.63 Å². The third kappa shape index (κ3) is 3.20. The van der Waals surface area contributed by atoms with Crippen molar-refractivity contribution in [1.29, 1.82) is 0 Å². The fraction of sp³-hybridized carbons (Fsp3) is 0.364. The van der Waals surface area contributed by atoms with Crippen molar-refractivity contribution in [2.45, 2.75) is 13.0 Å². The number of halogens is 1. The van der Waals surface area contributed by atoms with Crippen molar-refractivity contribution in [2.75, 3.05) is 14.2 Å². The number of nitrogens with zero attached hydrogens (tertiary/aromatic N) is 1. The summed E-state index contributed by atoms with van der Waals surface area (Å²) in [6, 6.07) is 5.47. The number of carbonyl (C=O) groups is 1. The van der Waals surface area contributed by atoms with Gasteiger partial charge in [0.05, 0.1) is 7.11 Å². The minimum atomic E-state index is -0.685. The Balaban J connectivity index is 2.60. The zero-order valence-electron chi connectivity index (χ0n) is 9.44. The fourth-order valence-corrected chi connectivity index (χ4v) is 1.11. The largest absolute Gasteiger partial charge is 0.481 e. The van der Waals surface area contributed by atoms with E-state index in [1.54, 1.807) is 6.92 Å². The van der Waals surface area contributed by atoms with Gasteiger partial charge in [0.25, 0.3) is 5.91 Å². The van der Waals surface area contributed by atoms with Gasteiger partial charge < -0.3 is 4.74 Å². The first-order chi connectivity index (χ1) is 7.54. The molecular formula is C11H14FNO3. The van der Waals surface area contributed by atoms with Crippen molar-refractivity contribution >= 4 is 5.91 Å². The molecule has 0 N–H and O–H groups in total. The van der Waals surface area contributed by atoms with Gasteiger partial charge in [0.2, 0.25) is 0 Å². The molecule has 0 aliphatic rings. The molecule has 0 heterocycles. The summed E-state index contributed by atoms with van der Waals surface area (Å²) in [4.78, 5) is 16.3. The minimum Gasteiger partial charge on any atom is -0.481 e. The van der Waals surface area contributed by atoms with Crippen LogP contribution in [0.25, 0.3) is 0 Å². The van der Waals surface area contributed by atoms with Crippen LogP contribution in [0.2, 0.25) is 0 Å². The van der Waals surface area contributed by atoms with Gasteiger partial charge in [-0.25, -0.2) is 9.45 Å². The average molecular weight is 227 g/mol. The second-order valence-electron chi connectivity index (χ2n) is 3.23. The van der Waals surface area contributed by atoms with Crippen LogP contribution in [0, 0.1) is 5.82 Å². The van der Waals surface area contributed by atoms with Crippen molar-refractivity contribution in [1.82, 2.24) is 5.06 Å². The molecule has 5 heteroatoms. The van der Waals surface area contributed by atoms with Gasteiger partial charge in [-0.15, -0.1) is 0 Å². The number of carbonyl (C=O) groups excluding carboxylic acids is 1. The molecule has 88 valence electrons. The van der Waals surface area contributed by atoms with E-state index in [4.69, 9.17) is 9.57 Å². The molecule has 0 radical (unpaired) electrons. The first-order valence-electron chi connectivity index (χ1n) is 4.78. The smallest absolute Gasteiger partial charge is 0.286 e. The summed E-state index contributed by atoms with van der Waals surface area (Å²) in [5, 5.41) is 1.08. The lowest BCUT2D eigenvalue weighted by molar-refractivity contribution is -0.175. The van der Waals surface area contributed by atoms with Crippen LogP contribution in [-0.4, -0.2) is 31.2 Å². The van der Waals surface area contributed by atoms with Crippen LogP contribution in [0.5, 0.6) is 5.75 Å². The van der Waals surface area contributed by atoms with Crippen molar-refractivity contribution in [3.8, 4) is 5.75 Å². The molecule has 1 aromatic carbocycles. The van der Waals surface area contributed by atoms with Crippen LogP contribution in [-0.2, 0) is 9.63 Å². The van der Waals surface area contributed by atoms with Gasteiger partial charge in [0.15, 0.2) is 6.10 Å². The standard InChI is InChI=1S/C11H14FNO3/c1-8(11(14)13(2)15-3)16-10-6-4-9(12)5-7-10/h4-8H,1-3H3. The molecule has 0 bridgehead atoms. The maximum Gasteiger partial charge on any atom is 0.286 e. The molecule has 0 saturated carbocycles. The number of likely N-dealkylation sites (N-methyl/N-ethyl adjacent to an activating group) is 1. The Labute approximate surface area is 93.5 Å². The first-order valence-corrected chi connectivity index (χ1v) is 4.78. The average Bonchev–Trinajstić information content (AvgIpc) is 2.30. The van der Waals surface area contributed by atoms with Crippen LogP contribution in [0.15, 0.2) is 24.3 Å². The Kier molecular flexibility index (Phi) is 4.25. The molecule has 1 rings (SSSR count). The minimum absolute atomic E-state index is 0.313. The Bertz CT molecular complexity index is 353. The number of hydrogen-bond donors (Lipinski definition) is 0. The van der Waals surface area contributed by atoms with Crippen molar-refractivity contribution < 1.29 is 18.8 Å². The molecule has 1 unspecified atom stereocenters. The molecule has 0 aromatic heterocycles. The third-order valence-corrected chi connectivity index (χ3v) is 2.06. The van der Waals surface area contributed by atoms with Crippen molar-refractivity contribution in [3.63, 3.8) is 0 Å². The molecule has 1 atom stereocenters. The number of ether oxygens (including phenoxy) is 1. The zero-order chi connectivity index (χ0) is 12.1. The summed E-state index contributed by atoms with van der Waals surface area (Å²) in [7, 11) is 2.88. The van der Waals surface area contributed by atoms with E-state index in [0.717, 1.165) is 5.06 Å². The molecular weight excluding hydrogens is 213 g/mol. The lowest BCUT2D eigenvalue weighted by atomic mass is 10.3. The van der Waals surface area contributed by atoms with E-state index in [1.807, 2.05) is 0 Å². The molecule has 1 aromatic rings. The highest BCUT2D eigenvalue weighted by atomic mass is 19.1. The normalized spacial score (nSPS) is 12.0. The predicted molar refractivity (Wildman–Crippen MR) is 56.3 cm³/mol. The SMILES string of the molecule is CON(C)C(=O)C(C)Oc1ccc(F)cc1. The van der Waals surface area contributed by atoms with E-state index in [1.165, 1.54) is 38.4 Å². The van der Waals surface area contributed by atoms with Gasteiger partial charge in [0, 0.05) is 7.05 Å². The molecule has 0 aliphatic heterocycles. The molecule has 16 heavy (non-hydrogen) atoms. The van der Waals surface area contributed by atoms with Gasteiger partial charge >= 0.3 is 0 Å². The van der Waals surface area contributed by atoms with E-state index in [-0.39, 0.29) is 11.7 Å². The molecule has 4 nitrogen and oxygen atoms in total. The molecule has 0 spiro atoms. The van der Waals surface area contributed by atoms with E-state index < -0.39 is 6.10 Å². The number of amides is 1. The second kappa shape index (κ2) is 5.46. The predicted octanol–water partition coefficient (Wildman–Crippen LogP) is 1.61. The summed E-state index contributed by atoms with van der Waals surface area (Å²) < 4.78 is 17.9. The maximum atomic E-state index is 12.6. The highest BCUT2D eigenvalue weighted by molar-refractivity contribution is 5.79. The highest BCUT2D eigenvalue weighted by Gasteiger charge is 2.18. The quantitative estimate of drug-likeness (QED) is 0.733. The van der Waals surface area contributed by atoms with Crippen LogP contribution >= 0.6 is 0 Å². The van der Waals surface area contributed by atoms with Crippen LogP contribution in [0.4, 0.5) is 4.39 Å². The van der Waals surface area contributed by atoms with E-state index in [9.17, 15) is 9.18 Å². The number of benzene rings is 1. The fourth-order valence-electron chi connectivity index (χ4n) is 1.11. The Hall–Kier alpha value is -1.62. The lowest BCUT2D eigenvalue weighted by Crippen LogP contribution is -2.37. The number of hydroxylamine groups is 2. The first kappa shape index (κ1) is 12.4. The lowest BCUT2D eigenvalue weighted by Gasteiger charge is -2.19. The van der Waals surface area contributed by atoms with Crippen molar-refractivity contribution in [2.24, 2.45) is 0 Å². The summed E-state index contributed by atoms with van der Waals surface area (Å²) in [5.41, 5.74) is 0. The van der Waals surface area contributed by atoms with Crippen molar-refractivity contribution in [3.05, 3.63) is 30.1 Å². The highest BCUT2D eigenvalue weighted by Crippen LogP contribution is 2.13. The van der Waals surface area contributed by atoms with Crippen LogP contribution in [0.3, 0.4) is 0 Å². The van der Waals surface area contributed by atoms with Gasteiger partial charge in [-0.05, 0) is 31.2 Å². The summed E-state index contributed by atoms with van der Waals surface area (Å²) in [5.74, 6) is -0.223. The summed E-state index contributed by atoms with van der Waals surface area (Å²) >= 11 is 0. The summed E-state index contributed by atoms with van der Waals surface area (Å²) in [6.07, 6.45) is -0.685. The van der Waals surface area contributed by atoms with Crippen LogP contribution < -0.4 is 4.74 Å². The van der Waals surface area contributed by atoms with Crippen LogP contribution in [0.1, 0.15) is 6.92 Å². The third-order valence-electron chi connectivity index (χ3n) is 2.06. The Morgan fingerprint density at radius 3 is 2.44 bits per heavy atom. The zero-order valence-corrected chi connectivity index (χ0v) is 9.44. The summed E-state index contributed by atoms with van der Waals surface area (Å²) in [6.45, 7) is 1.60. The molecule has 0 fully saturated rings. The van der Waals surface area contributed by atoms with Gasteiger partial charge in [-0.2, -0.15) is 0 Å². The molecule has 1 amide bonds. The number of rotatable bonds is 4. The molecule has 0 saturated heterocycles. The van der Waals surface area contributed by atoms with Gasteiger partial charge in [-0.1, -0.05) is 0 Å². The van der Waals surface area contributed by atoms with Gasteiger partial charge in [0.1, 0.15) is 11.6 Å². The van der Waals surface area contributed by atoms with E-state index in [2.05, 4.69) is 0 Å². The number of hydrogen-bond acceptors (Lipinski definition) is 3. The maximum absolute atomic E-state index is 12.6. The second-order valence-corrected chi connectivity index (χ2v) is 3.23. The molecule has 0 aliphatic carbocycles. The Morgan fingerprint density at radius 1 is 1.38 bits per heavy atom. The Morgan fingerprint density at radius 2 is 1.94 bits per heavy atom. The van der Waals surface area contributed by atoms with E-state index in [0.29, 0.717) is 5.75 Å². The topological polar surface area (TPSA) is 38.8 Å². The monoisotopic (exact) mass is 227 g/mol.